The fourth-order valence-electron chi connectivity index (χ4n) is 3.48. The highest BCUT2D eigenvalue weighted by atomic mass is 35.5. The molecule has 4 nitrogen and oxygen atoms in total. The van der Waals surface area contributed by atoms with Crippen molar-refractivity contribution in [2.45, 2.75) is 25.4 Å². The predicted octanol–water partition coefficient (Wildman–Crippen LogP) is 4.22. The van der Waals surface area contributed by atoms with Crippen molar-refractivity contribution in [3.05, 3.63) is 108 Å². The molecule has 1 unspecified atom stereocenters. The van der Waals surface area contributed by atoms with Gasteiger partial charge in [0.05, 0.1) is 0 Å². The van der Waals surface area contributed by atoms with Crippen LogP contribution in [0.2, 0.25) is 0 Å². The van der Waals surface area contributed by atoms with Gasteiger partial charge >= 0.3 is 0 Å². The van der Waals surface area contributed by atoms with Gasteiger partial charge in [-0.1, -0.05) is 91.0 Å². The number of nitrogens with zero attached hydrogens (tertiary/aromatic N) is 1. The highest BCUT2D eigenvalue weighted by Gasteiger charge is 2.26. The van der Waals surface area contributed by atoms with E-state index in [1.165, 1.54) is 0 Å². The summed E-state index contributed by atoms with van der Waals surface area (Å²) in [4.78, 5) is 27.5. The first-order chi connectivity index (χ1) is 15.2. The summed E-state index contributed by atoms with van der Waals surface area (Å²) in [7, 11) is 0. The van der Waals surface area contributed by atoms with E-state index < -0.39 is 6.04 Å². The van der Waals surface area contributed by atoms with E-state index in [1.54, 1.807) is 0 Å². The lowest BCUT2D eigenvalue weighted by molar-refractivity contribution is -0.136. The molecule has 0 spiro atoms. The molecule has 0 aliphatic carbocycles. The van der Waals surface area contributed by atoms with Crippen molar-refractivity contribution in [2.24, 2.45) is 0 Å². The summed E-state index contributed by atoms with van der Waals surface area (Å²) in [6.45, 7) is 1.04. The van der Waals surface area contributed by atoms with Crippen LogP contribution in [-0.4, -0.2) is 35.2 Å². The molecule has 0 saturated heterocycles. The first-order valence-electron chi connectivity index (χ1n) is 10.4. The van der Waals surface area contributed by atoms with Crippen LogP contribution in [0.1, 0.15) is 16.7 Å². The first kappa shape index (κ1) is 22.6. The van der Waals surface area contributed by atoms with Crippen LogP contribution in [0, 0.1) is 0 Å². The van der Waals surface area contributed by atoms with Gasteiger partial charge in [-0.3, -0.25) is 9.59 Å². The van der Waals surface area contributed by atoms with Gasteiger partial charge in [-0.2, -0.15) is 0 Å². The molecule has 1 atom stereocenters. The van der Waals surface area contributed by atoms with Gasteiger partial charge in [-0.05, 0) is 23.1 Å². The molecule has 2 amide bonds. The Bertz CT molecular complexity index is 949. The van der Waals surface area contributed by atoms with Crippen molar-refractivity contribution < 1.29 is 9.59 Å². The monoisotopic (exact) mass is 434 g/mol. The van der Waals surface area contributed by atoms with E-state index in [0.29, 0.717) is 19.5 Å². The Morgan fingerprint density at radius 1 is 0.774 bits per heavy atom. The van der Waals surface area contributed by atoms with Crippen molar-refractivity contribution in [2.75, 3.05) is 12.4 Å². The number of rotatable bonds is 10. The maximum Gasteiger partial charge on any atom is 0.245 e. The summed E-state index contributed by atoms with van der Waals surface area (Å²) in [6.07, 6.45) is 1.15. The summed E-state index contributed by atoms with van der Waals surface area (Å²) >= 11 is 5.72. The van der Waals surface area contributed by atoms with Gasteiger partial charge in [-0.25, -0.2) is 0 Å². The van der Waals surface area contributed by atoms with Crippen LogP contribution >= 0.6 is 11.6 Å². The molecule has 0 fully saturated rings. The minimum atomic E-state index is -0.673. The van der Waals surface area contributed by atoms with Crippen molar-refractivity contribution in [3.63, 3.8) is 0 Å². The molecule has 0 bridgehead atoms. The van der Waals surface area contributed by atoms with E-state index in [9.17, 15) is 9.59 Å². The van der Waals surface area contributed by atoms with E-state index in [2.05, 4.69) is 17.4 Å². The lowest BCUT2D eigenvalue weighted by Gasteiger charge is -2.28. The summed E-state index contributed by atoms with van der Waals surface area (Å²) in [5.74, 6) is -0.637. The highest BCUT2D eigenvalue weighted by Crippen LogP contribution is 2.12. The predicted molar refractivity (Wildman–Crippen MR) is 125 cm³/mol. The van der Waals surface area contributed by atoms with Crippen molar-refractivity contribution in [1.82, 2.24) is 10.2 Å². The molecule has 0 radical (unpaired) electrons. The summed E-state index contributed by atoms with van der Waals surface area (Å²) < 4.78 is 0. The molecule has 3 rings (SSSR count). The molecule has 31 heavy (non-hydrogen) atoms. The van der Waals surface area contributed by atoms with Gasteiger partial charge in [0.15, 0.2) is 0 Å². The van der Waals surface area contributed by atoms with Crippen molar-refractivity contribution in [1.29, 1.82) is 0 Å². The zero-order valence-electron chi connectivity index (χ0n) is 17.4. The van der Waals surface area contributed by atoms with Crippen LogP contribution in [0.4, 0.5) is 0 Å². The second-order valence-electron chi connectivity index (χ2n) is 7.42. The number of carbonyl (C=O) groups is 2. The Kier molecular flexibility index (Phi) is 8.68. The second kappa shape index (κ2) is 11.9. The molecule has 1 N–H and O–H groups in total. The van der Waals surface area contributed by atoms with Gasteiger partial charge < -0.3 is 10.2 Å². The third kappa shape index (κ3) is 7.26. The molecule has 0 aromatic heterocycles. The van der Waals surface area contributed by atoms with E-state index >= 15 is 0 Å². The lowest BCUT2D eigenvalue weighted by Crippen LogP contribution is -2.50. The van der Waals surface area contributed by atoms with Crippen LogP contribution < -0.4 is 5.32 Å². The summed E-state index contributed by atoms with van der Waals surface area (Å²) in [5, 5.41) is 2.82. The fourth-order valence-corrected chi connectivity index (χ4v) is 3.56. The Morgan fingerprint density at radius 3 is 1.84 bits per heavy atom. The first-order valence-corrected chi connectivity index (χ1v) is 10.9. The fraction of sp³-hybridized carbons (Fsp3) is 0.231. The number of halogens is 1. The summed E-state index contributed by atoms with van der Waals surface area (Å²) in [5.41, 5.74) is 3.20. The standard InChI is InChI=1S/C26H27ClN2O2/c27-19-25(30)28-24(18-22-12-6-2-7-13-22)26(31)29(20-23-14-8-3-9-15-23)17-16-21-10-4-1-5-11-21/h1-15,24H,16-20H2,(H,28,30). The van der Waals surface area contributed by atoms with Crippen LogP contribution in [0.15, 0.2) is 91.0 Å². The maximum atomic E-state index is 13.6. The van der Waals surface area contributed by atoms with E-state index in [-0.39, 0.29) is 17.7 Å². The number of nitrogens with one attached hydrogen (secondary N) is 1. The molecule has 0 heterocycles. The molecule has 160 valence electrons. The third-order valence-electron chi connectivity index (χ3n) is 5.08. The minimum Gasteiger partial charge on any atom is -0.343 e. The molecular formula is C26H27ClN2O2. The molecule has 3 aromatic rings. The van der Waals surface area contributed by atoms with E-state index in [0.717, 1.165) is 23.1 Å². The Hall–Kier alpha value is -3.11. The number of benzene rings is 3. The molecule has 0 aliphatic rings. The normalized spacial score (nSPS) is 11.5. The maximum absolute atomic E-state index is 13.6. The number of amides is 2. The molecule has 0 aliphatic heterocycles. The van der Waals surface area contributed by atoms with Crippen molar-refractivity contribution in [3.8, 4) is 0 Å². The van der Waals surface area contributed by atoms with Gasteiger partial charge in [0.1, 0.15) is 11.9 Å². The molecule has 3 aromatic carbocycles. The zero-order chi connectivity index (χ0) is 21.9. The lowest BCUT2D eigenvalue weighted by atomic mass is 10.0. The topological polar surface area (TPSA) is 49.4 Å². The molecule has 5 heteroatoms. The van der Waals surface area contributed by atoms with Crippen LogP contribution in [-0.2, 0) is 29.0 Å². The minimum absolute atomic E-state index is 0.109. The number of carbonyl (C=O) groups excluding carboxylic acids is 2. The quantitative estimate of drug-likeness (QED) is 0.485. The van der Waals surface area contributed by atoms with E-state index in [1.807, 2.05) is 83.8 Å². The number of alkyl halides is 1. The van der Waals surface area contributed by atoms with Crippen LogP contribution in [0.25, 0.3) is 0 Å². The second-order valence-corrected chi connectivity index (χ2v) is 7.69. The van der Waals surface area contributed by atoms with Gasteiger partial charge in [0.2, 0.25) is 11.8 Å². The smallest absolute Gasteiger partial charge is 0.245 e. The number of hydrogen-bond donors (Lipinski definition) is 1. The Labute approximate surface area is 188 Å². The van der Waals surface area contributed by atoms with Gasteiger partial charge in [-0.15, -0.1) is 11.6 Å². The number of hydrogen-bond acceptors (Lipinski definition) is 2. The largest absolute Gasteiger partial charge is 0.343 e. The van der Waals surface area contributed by atoms with Crippen molar-refractivity contribution >= 4 is 23.4 Å². The Morgan fingerprint density at radius 2 is 1.29 bits per heavy atom. The molecule has 0 saturated carbocycles. The highest BCUT2D eigenvalue weighted by molar-refractivity contribution is 6.27. The van der Waals surface area contributed by atoms with Crippen LogP contribution in [0.5, 0.6) is 0 Å². The molecular weight excluding hydrogens is 408 g/mol. The van der Waals surface area contributed by atoms with Gasteiger partial charge in [0.25, 0.3) is 0 Å². The average molecular weight is 435 g/mol. The zero-order valence-corrected chi connectivity index (χ0v) is 18.2. The summed E-state index contributed by atoms with van der Waals surface area (Å²) in [6, 6.07) is 29.0. The average Bonchev–Trinajstić information content (AvgIpc) is 2.82. The van der Waals surface area contributed by atoms with E-state index in [4.69, 9.17) is 11.6 Å². The van der Waals surface area contributed by atoms with Gasteiger partial charge in [0, 0.05) is 19.5 Å². The SMILES string of the molecule is O=C(CCl)NC(Cc1ccccc1)C(=O)N(CCc1ccccc1)Cc1ccccc1. The third-order valence-corrected chi connectivity index (χ3v) is 5.32. The Balaban J connectivity index is 1.81. The van der Waals surface area contributed by atoms with Crippen LogP contribution in [0.3, 0.4) is 0 Å².